The summed E-state index contributed by atoms with van der Waals surface area (Å²) in [4.78, 5) is 13.6. The molecule has 0 aromatic heterocycles. The SMILES string of the molecule is CCN(C)C(=O)C(C)NC(COC)C(C)C. The van der Waals surface area contributed by atoms with Crippen LogP contribution in [0.4, 0.5) is 0 Å². The van der Waals surface area contributed by atoms with E-state index in [1.165, 1.54) is 0 Å². The molecule has 0 aromatic carbocycles. The summed E-state index contributed by atoms with van der Waals surface area (Å²) >= 11 is 0. The van der Waals surface area contributed by atoms with Crippen molar-refractivity contribution in [2.75, 3.05) is 27.3 Å². The fourth-order valence-electron chi connectivity index (χ4n) is 1.49. The highest BCUT2D eigenvalue weighted by atomic mass is 16.5. The Morgan fingerprint density at radius 2 is 1.94 bits per heavy atom. The van der Waals surface area contributed by atoms with Crippen LogP contribution in [0.3, 0.4) is 0 Å². The summed E-state index contributed by atoms with van der Waals surface area (Å²) in [5.41, 5.74) is 0. The normalized spacial score (nSPS) is 14.9. The maximum atomic E-state index is 11.9. The van der Waals surface area contributed by atoms with Gasteiger partial charge in [-0.1, -0.05) is 13.8 Å². The molecule has 0 spiro atoms. The van der Waals surface area contributed by atoms with Crippen LogP contribution in [0, 0.1) is 5.92 Å². The van der Waals surface area contributed by atoms with Gasteiger partial charge in [-0.3, -0.25) is 4.79 Å². The van der Waals surface area contributed by atoms with Crippen molar-refractivity contribution in [2.24, 2.45) is 5.92 Å². The number of nitrogens with one attached hydrogen (secondary N) is 1. The fraction of sp³-hybridized carbons (Fsp3) is 0.917. The average Bonchev–Trinajstić information content (AvgIpc) is 2.25. The van der Waals surface area contributed by atoms with E-state index in [1.807, 2.05) is 20.9 Å². The van der Waals surface area contributed by atoms with Gasteiger partial charge in [-0.15, -0.1) is 0 Å². The second-order valence-corrected chi connectivity index (χ2v) is 4.55. The predicted octanol–water partition coefficient (Wildman–Crippen LogP) is 1.11. The Morgan fingerprint density at radius 3 is 2.31 bits per heavy atom. The standard InChI is InChI=1S/C12H26N2O2/c1-7-14(5)12(15)10(4)13-11(8-16-6)9(2)3/h9-11,13H,7-8H2,1-6H3. The van der Waals surface area contributed by atoms with E-state index >= 15 is 0 Å². The monoisotopic (exact) mass is 230 g/mol. The zero-order valence-corrected chi connectivity index (χ0v) is 11.4. The van der Waals surface area contributed by atoms with Crippen molar-refractivity contribution in [3.63, 3.8) is 0 Å². The number of nitrogens with zero attached hydrogens (tertiary/aromatic N) is 1. The lowest BCUT2D eigenvalue weighted by atomic mass is 10.0. The average molecular weight is 230 g/mol. The van der Waals surface area contributed by atoms with Crippen LogP contribution >= 0.6 is 0 Å². The molecule has 0 fully saturated rings. The van der Waals surface area contributed by atoms with Crippen LogP contribution in [-0.2, 0) is 9.53 Å². The lowest BCUT2D eigenvalue weighted by Crippen LogP contribution is -2.50. The summed E-state index contributed by atoms with van der Waals surface area (Å²) < 4.78 is 5.15. The van der Waals surface area contributed by atoms with Crippen molar-refractivity contribution in [3.8, 4) is 0 Å². The zero-order chi connectivity index (χ0) is 12.7. The smallest absolute Gasteiger partial charge is 0.239 e. The van der Waals surface area contributed by atoms with Gasteiger partial charge in [0.2, 0.25) is 5.91 Å². The van der Waals surface area contributed by atoms with Crippen LogP contribution in [-0.4, -0.2) is 50.2 Å². The number of hydrogen-bond acceptors (Lipinski definition) is 3. The number of rotatable bonds is 7. The van der Waals surface area contributed by atoms with E-state index in [0.717, 1.165) is 6.54 Å². The van der Waals surface area contributed by atoms with Crippen molar-refractivity contribution in [1.29, 1.82) is 0 Å². The van der Waals surface area contributed by atoms with E-state index < -0.39 is 0 Å². The van der Waals surface area contributed by atoms with Crippen molar-refractivity contribution in [2.45, 2.75) is 39.8 Å². The van der Waals surface area contributed by atoms with Crippen LogP contribution in [0.25, 0.3) is 0 Å². The van der Waals surface area contributed by atoms with Crippen molar-refractivity contribution < 1.29 is 9.53 Å². The third-order valence-corrected chi connectivity index (χ3v) is 2.84. The number of carbonyl (C=O) groups excluding carboxylic acids is 1. The van der Waals surface area contributed by atoms with Gasteiger partial charge >= 0.3 is 0 Å². The molecule has 0 saturated carbocycles. The lowest BCUT2D eigenvalue weighted by Gasteiger charge is -2.27. The third kappa shape index (κ3) is 4.94. The molecule has 1 amide bonds. The molecule has 0 bridgehead atoms. The molecule has 0 heterocycles. The van der Waals surface area contributed by atoms with Gasteiger partial charge < -0.3 is 15.0 Å². The molecule has 0 aromatic rings. The molecule has 2 unspecified atom stereocenters. The first-order valence-electron chi connectivity index (χ1n) is 5.93. The molecule has 0 aliphatic rings. The molecule has 4 heteroatoms. The summed E-state index contributed by atoms with van der Waals surface area (Å²) in [6.07, 6.45) is 0. The predicted molar refractivity (Wildman–Crippen MR) is 66.4 cm³/mol. The molecule has 96 valence electrons. The van der Waals surface area contributed by atoms with Crippen LogP contribution in [0.15, 0.2) is 0 Å². The molecule has 0 rings (SSSR count). The van der Waals surface area contributed by atoms with Gasteiger partial charge in [-0.25, -0.2) is 0 Å². The van der Waals surface area contributed by atoms with Gasteiger partial charge in [0.15, 0.2) is 0 Å². The Hall–Kier alpha value is -0.610. The van der Waals surface area contributed by atoms with E-state index in [-0.39, 0.29) is 18.0 Å². The molecule has 16 heavy (non-hydrogen) atoms. The maximum absolute atomic E-state index is 11.9. The van der Waals surface area contributed by atoms with E-state index in [1.54, 1.807) is 12.0 Å². The second kappa shape index (κ2) is 7.63. The number of methoxy groups -OCH3 is 1. The first-order chi connectivity index (χ1) is 7.43. The molecule has 0 radical (unpaired) electrons. The Labute approximate surface area is 99.3 Å². The van der Waals surface area contributed by atoms with E-state index in [0.29, 0.717) is 12.5 Å². The molecular formula is C12H26N2O2. The Bertz CT molecular complexity index is 207. The minimum Gasteiger partial charge on any atom is -0.383 e. The summed E-state index contributed by atoms with van der Waals surface area (Å²) in [6, 6.07) is 0.0571. The number of amides is 1. The largest absolute Gasteiger partial charge is 0.383 e. The zero-order valence-electron chi connectivity index (χ0n) is 11.4. The van der Waals surface area contributed by atoms with Crippen LogP contribution in [0.2, 0.25) is 0 Å². The molecule has 2 atom stereocenters. The minimum absolute atomic E-state index is 0.129. The third-order valence-electron chi connectivity index (χ3n) is 2.84. The molecule has 1 N–H and O–H groups in total. The lowest BCUT2D eigenvalue weighted by molar-refractivity contribution is -0.131. The Balaban J connectivity index is 4.28. The highest BCUT2D eigenvalue weighted by Crippen LogP contribution is 2.04. The second-order valence-electron chi connectivity index (χ2n) is 4.55. The quantitative estimate of drug-likeness (QED) is 0.712. The topological polar surface area (TPSA) is 41.6 Å². The highest BCUT2D eigenvalue weighted by Gasteiger charge is 2.21. The first-order valence-corrected chi connectivity index (χ1v) is 5.93. The number of hydrogen-bond donors (Lipinski definition) is 1. The summed E-state index contributed by atoms with van der Waals surface area (Å²) in [5, 5.41) is 3.32. The maximum Gasteiger partial charge on any atom is 0.239 e. The molecule has 0 aliphatic carbocycles. The molecule has 0 aliphatic heterocycles. The van der Waals surface area contributed by atoms with Crippen molar-refractivity contribution in [1.82, 2.24) is 10.2 Å². The van der Waals surface area contributed by atoms with Gasteiger partial charge in [-0.2, -0.15) is 0 Å². The summed E-state index contributed by atoms with van der Waals surface area (Å²) in [5.74, 6) is 0.575. The van der Waals surface area contributed by atoms with Crippen molar-refractivity contribution >= 4 is 5.91 Å². The number of ether oxygens (including phenoxy) is 1. The van der Waals surface area contributed by atoms with E-state index in [2.05, 4.69) is 19.2 Å². The highest BCUT2D eigenvalue weighted by molar-refractivity contribution is 5.81. The Kier molecular flexibility index (Phi) is 7.34. The number of likely N-dealkylation sites (N-methyl/N-ethyl adjacent to an activating group) is 1. The van der Waals surface area contributed by atoms with Gasteiger partial charge in [0.05, 0.1) is 12.6 Å². The van der Waals surface area contributed by atoms with Gasteiger partial charge in [0, 0.05) is 26.7 Å². The van der Waals surface area contributed by atoms with Crippen LogP contribution in [0.5, 0.6) is 0 Å². The van der Waals surface area contributed by atoms with E-state index in [4.69, 9.17) is 4.74 Å². The molecule has 4 nitrogen and oxygen atoms in total. The summed E-state index contributed by atoms with van der Waals surface area (Å²) in [7, 11) is 3.50. The molecular weight excluding hydrogens is 204 g/mol. The van der Waals surface area contributed by atoms with Gasteiger partial charge in [0.25, 0.3) is 0 Å². The van der Waals surface area contributed by atoms with Crippen molar-refractivity contribution in [3.05, 3.63) is 0 Å². The van der Waals surface area contributed by atoms with E-state index in [9.17, 15) is 4.79 Å². The van der Waals surface area contributed by atoms with Crippen LogP contribution < -0.4 is 5.32 Å². The first kappa shape index (κ1) is 15.4. The molecule has 0 saturated heterocycles. The minimum atomic E-state index is -0.160. The van der Waals surface area contributed by atoms with Gasteiger partial charge in [0.1, 0.15) is 0 Å². The van der Waals surface area contributed by atoms with Crippen LogP contribution in [0.1, 0.15) is 27.7 Å². The summed E-state index contributed by atoms with van der Waals surface area (Å²) in [6.45, 7) is 9.49. The van der Waals surface area contributed by atoms with Gasteiger partial charge in [-0.05, 0) is 19.8 Å². The number of carbonyl (C=O) groups is 1. The fourth-order valence-corrected chi connectivity index (χ4v) is 1.49. The Morgan fingerprint density at radius 1 is 1.38 bits per heavy atom.